The van der Waals surface area contributed by atoms with E-state index in [1.807, 2.05) is 0 Å². The van der Waals surface area contributed by atoms with Crippen molar-refractivity contribution in [3.63, 3.8) is 0 Å². The average Bonchev–Trinajstić information content (AvgIpc) is 1.88. The Morgan fingerprint density at radius 3 is 3.20 bits per heavy atom. The van der Waals surface area contributed by atoms with Crippen LogP contribution in [0.3, 0.4) is 0 Å². The van der Waals surface area contributed by atoms with Crippen LogP contribution in [-0.4, -0.2) is 18.7 Å². The number of ether oxygens (including phenoxy) is 1. The molecule has 0 spiro atoms. The maximum Gasteiger partial charge on any atom is 0.407 e. The molecular formula is C7H13NO2. The first-order valence-electron chi connectivity index (χ1n) is 3.76. The third-order valence-corrected chi connectivity index (χ3v) is 1.66. The fraction of sp³-hybridized carbons (Fsp3) is 0.857. The summed E-state index contributed by atoms with van der Waals surface area (Å²) in [6.45, 7) is 2.69. The van der Waals surface area contributed by atoms with Crippen molar-refractivity contribution < 1.29 is 9.53 Å². The summed E-state index contributed by atoms with van der Waals surface area (Å²) in [5, 5.41) is 2.76. The lowest BCUT2D eigenvalue weighted by atomic mass is 10.1. The first kappa shape index (κ1) is 7.38. The van der Waals surface area contributed by atoms with E-state index in [-0.39, 0.29) is 6.09 Å². The normalized spacial score (nSPS) is 25.3. The number of nitrogens with one attached hydrogen (secondary N) is 1. The zero-order chi connectivity index (χ0) is 7.40. The van der Waals surface area contributed by atoms with Gasteiger partial charge in [-0.25, -0.2) is 4.79 Å². The van der Waals surface area contributed by atoms with Crippen molar-refractivity contribution in [1.29, 1.82) is 0 Å². The van der Waals surface area contributed by atoms with Gasteiger partial charge >= 0.3 is 6.09 Å². The molecule has 0 aliphatic carbocycles. The smallest absolute Gasteiger partial charge is 0.407 e. The van der Waals surface area contributed by atoms with E-state index in [1.165, 1.54) is 0 Å². The fourth-order valence-electron chi connectivity index (χ4n) is 1.14. The van der Waals surface area contributed by atoms with E-state index in [9.17, 15) is 4.79 Å². The highest BCUT2D eigenvalue weighted by Gasteiger charge is 2.17. The van der Waals surface area contributed by atoms with Gasteiger partial charge in [-0.05, 0) is 6.42 Å². The van der Waals surface area contributed by atoms with E-state index in [1.54, 1.807) is 0 Å². The molecule has 0 saturated carbocycles. The van der Waals surface area contributed by atoms with Gasteiger partial charge in [0.15, 0.2) is 0 Å². The molecule has 10 heavy (non-hydrogen) atoms. The van der Waals surface area contributed by atoms with Gasteiger partial charge in [-0.1, -0.05) is 13.3 Å². The SMILES string of the molecule is CCC[C@@H]1CCOC(=O)N1. The molecule has 0 unspecified atom stereocenters. The van der Waals surface area contributed by atoms with Gasteiger partial charge in [0, 0.05) is 12.5 Å². The Balaban J connectivity index is 2.25. The van der Waals surface area contributed by atoms with Gasteiger partial charge in [0.1, 0.15) is 0 Å². The summed E-state index contributed by atoms with van der Waals surface area (Å²) < 4.78 is 4.70. The van der Waals surface area contributed by atoms with E-state index < -0.39 is 0 Å². The zero-order valence-corrected chi connectivity index (χ0v) is 6.22. The monoisotopic (exact) mass is 143 g/mol. The zero-order valence-electron chi connectivity index (χ0n) is 6.22. The molecule has 1 aliphatic rings. The Bertz CT molecular complexity index is 123. The minimum absolute atomic E-state index is 0.260. The molecule has 1 heterocycles. The molecule has 1 rings (SSSR count). The second kappa shape index (κ2) is 3.44. The second-order valence-corrected chi connectivity index (χ2v) is 2.55. The van der Waals surface area contributed by atoms with Crippen molar-refractivity contribution in [2.45, 2.75) is 32.2 Å². The molecule has 1 aliphatic heterocycles. The molecule has 0 bridgehead atoms. The number of amides is 1. The predicted molar refractivity (Wildman–Crippen MR) is 37.8 cm³/mol. The lowest BCUT2D eigenvalue weighted by Gasteiger charge is -2.22. The van der Waals surface area contributed by atoms with Crippen LogP contribution in [-0.2, 0) is 4.74 Å². The van der Waals surface area contributed by atoms with Crippen LogP contribution in [0, 0.1) is 0 Å². The fourth-order valence-corrected chi connectivity index (χ4v) is 1.14. The van der Waals surface area contributed by atoms with Crippen molar-refractivity contribution in [3.8, 4) is 0 Å². The van der Waals surface area contributed by atoms with Gasteiger partial charge in [-0.3, -0.25) is 0 Å². The second-order valence-electron chi connectivity index (χ2n) is 2.55. The number of hydrogen-bond donors (Lipinski definition) is 1. The van der Waals surface area contributed by atoms with Crippen LogP contribution in [0.4, 0.5) is 4.79 Å². The van der Waals surface area contributed by atoms with Crippen molar-refractivity contribution >= 4 is 6.09 Å². The van der Waals surface area contributed by atoms with Crippen LogP contribution in [0.1, 0.15) is 26.2 Å². The van der Waals surface area contributed by atoms with E-state index >= 15 is 0 Å². The van der Waals surface area contributed by atoms with Crippen LogP contribution in [0.15, 0.2) is 0 Å². The molecule has 1 amide bonds. The summed E-state index contributed by atoms with van der Waals surface area (Å²) in [4.78, 5) is 10.6. The molecule has 1 saturated heterocycles. The minimum Gasteiger partial charge on any atom is -0.449 e. The maximum atomic E-state index is 10.6. The molecule has 3 nitrogen and oxygen atoms in total. The summed E-state index contributed by atoms with van der Waals surface area (Å²) in [6, 6.07) is 0.353. The quantitative estimate of drug-likeness (QED) is 0.632. The maximum absolute atomic E-state index is 10.6. The van der Waals surface area contributed by atoms with Crippen molar-refractivity contribution in [1.82, 2.24) is 5.32 Å². The van der Waals surface area contributed by atoms with Crippen molar-refractivity contribution in [2.75, 3.05) is 6.61 Å². The Morgan fingerprint density at radius 2 is 2.60 bits per heavy atom. The molecular weight excluding hydrogens is 130 g/mol. The van der Waals surface area contributed by atoms with Gasteiger partial charge in [-0.15, -0.1) is 0 Å². The van der Waals surface area contributed by atoms with Crippen LogP contribution in [0.2, 0.25) is 0 Å². The highest BCUT2D eigenvalue weighted by molar-refractivity contribution is 5.68. The molecule has 0 aromatic heterocycles. The van der Waals surface area contributed by atoms with Crippen molar-refractivity contribution in [3.05, 3.63) is 0 Å². The van der Waals surface area contributed by atoms with Gasteiger partial charge in [0.25, 0.3) is 0 Å². The Labute approximate surface area is 60.7 Å². The lowest BCUT2D eigenvalue weighted by molar-refractivity contribution is 0.114. The van der Waals surface area contributed by atoms with Gasteiger partial charge in [0.2, 0.25) is 0 Å². The lowest BCUT2D eigenvalue weighted by Crippen LogP contribution is -2.40. The molecule has 3 heteroatoms. The first-order valence-corrected chi connectivity index (χ1v) is 3.76. The Hall–Kier alpha value is -0.730. The van der Waals surface area contributed by atoms with Gasteiger partial charge < -0.3 is 10.1 Å². The molecule has 58 valence electrons. The van der Waals surface area contributed by atoms with E-state index in [0.29, 0.717) is 12.6 Å². The number of carbonyl (C=O) groups excluding carboxylic acids is 1. The summed E-state index contributed by atoms with van der Waals surface area (Å²) in [5.74, 6) is 0. The topological polar surface area (TPSA) is 38.3 Å². The number of rotatable bonds is 2. The number of cyclic esters (lactones) is 1. The van der Waals surface area contributed by atoms with Gasteiger partial charge in [0.05, 0.1) is 6.61 Å². The minimum atomic E-state index is -0.260. The van der Waals surface area contributed by atoms with E-state index in [0.717, 1.165) is 19.3 Å². The average molecular weight is 143 g/mol. The van der Waals surface area contributed by atoms with E-state index in [4.69, 9.17) is 4.74 Å². The summed E-state index contributed by atoms with van der Waals surface area (Å²) in [7, 11) is 0. The number of hydrogen-bond acceptors (Lipinski definition) is 2. The number of carbonyl (C=O) groups is 1. The highest BCUT2D eigenvalue weighted by Crippen LogP contribution is 2.06. The van der Waals surface area contributed by atoms with Crippen molar-refractivity contribution in [2.24, 2.45) is 0 Å². The standard InChI is InChI=1S/C7H13NO2/c1-2-3-6-4-5-10-7(9)8-6/h6H,2-5H2,1H3,(H,8,9)/t6-/m1/s1. The molecule has 1 N–H and O–H groups in total. The van der Waals surface area contributed by atoms with E-state index in [2.05, 4.69) is 12.2 Å². The Kier molecular flexibility index (Phi) is 2.54. The van der Waals surface area contributed by atoms with Crippen LogP contribution in [0.25, 0.3) is 0 Å². The predicted octanol–water partition coefficient (Wildman–Crippen LogP) is 1.28. The molecule has 0 aromatic rings. The third kappa shape index (κ3) is 1.90. The summed E-state index contributed by atoms with van der Waals surface area (Å²) in [6.07, 6.45) is 2.88. The van der Waals surface area contributed by atoms with Crippen LogP contribution < -0.4 is 5.32 Å². The largest absolute Gasteiger partial charge is 0.449 e. The number of alkyl carbamates (subject to hydrolysis) is 1. The van der Waals surface area contributed by atoms with Crippen LogP contribution in [0.5, 0.6) is 0 Å². The molecule has 1 atom stereocenters. The van der Waals surface area contributed by atoms with Crippen LogP contribution >= 0.6 is 0 Å². The molecule has 1 fully saturated rings. The molecule has 0 radical (unpaired) electrons. The Morgan fingerprint density at radius 1 is 1.80 bits per heavy atom. The highest BCUT2D eigenvalue weighted by atomic mass is 16.5. The third-order valence-electron chi connectivity index (χ3n) is 1.66. The van der Waals surface area contributed by atoms with Gasteiger partial charge in [-0.2, -0.15) is 0 Å². The molecule has 0 aromatic carbocycles. The summed E-state index contributed by atoms with van der Waals surface area (Å²) in [5.41, 5.74) is 0. The summed E-state index contributed by atoms with van der Waals surface area (Å²) >= 11 is 0. The first-order chi connectivity index (χ1) is 4.83.